The monoisotopic (exact) mass is 638 g/mol. The third-order valence-corrected chi connectivity index (χ3v) is 8.21. The van der Waals surface area contributed by atoms with Gasteiger partial charge in [-0.1, -0.05) is 118 Å². The number of carboxylic acid groups (broad SMARTS) is 2. The average molecular weight is 639 g/mol. The number of carbonyl (C=O) groups is 2. The first-order valence-corrected chi connectivity index (χ1v) is 16.2. The molecule has 0 aliphatic heterocycles. The molecular formula is C42H42N2O4. The van der Waals surface area contributed by atoms with Crippen molar-refractivity contribution in [3.63, 3.8) is 0 Å². The Balaban J connectivity index is 0.000000269. The molecule has 0 bridgehead atoms. The van der Waals surface area contributed by atoms with Crippen LogP contribution in [0.15, 0.2) is 109 Å². The van der Waals surface area contributed by atoms with Crippen LogP contribution < -0.4 is 0 Å². The van der Waals surface area contributed by atoms with Crippen molar-refractivity contribution in [3.8, 4) is 34.4 Å². The average Bonchev–Trinajstić information content (AvgIpc) is 3.12. The first-order chi connectivity index (χ1) is 23.2. The second-order valence-electron chi connectivity index (χ2n) is 11.5. The number of nitrogens with zero attached hydrogens (tertiary/aromatic N) is 2. The molecule has 0 saturated heterocycles. The lowest BCUT2D eigenvalue weighted by molar-refractivity contribution is -0.132. The smallest absolute Gasteiger partial charge is 0.328 e. The van der Waals surface area contributed by atoms with Crippen LogP contribution in [-0.2, 0) is 9.59 Å². The van der Waals surface area contributed by atoms with Crippen molar-refractivity contribution in [2.75, 3.05) is 0 Å². The number of carboxylic acids is 2. The first-order valence-electron chi connectivity index (χ1n) is 16.2. The van der Waals surface area contributed by atoms with Gasteiger partial charge in [-0.15, -0.1) is 0 Å². The Labute approximate surface area is 283 Å². The summed E-state index contributed by atoms with van der Waals surface area (Å²) in [5.41, 5.74) is 7.69. The molecule has 4 rings (SSSR count). The molecule has 0 saturated carbocycles. The molecule has 3 unspecified atom stereocenters. The fourth-order valence-corrected chi connectivity index (χ4v) is 5.69. The summed E-state index contributed by atoms with van der Waals surface area (Å²) in [7, 11) is 0. The fraction of sp³-hybridized carbons (Fsp3) is 0.238. The number of nitriles is 2. The van der Waals surface area contributed by atoms with Crippen LogP contribution in [0, 0.1) is 28.6 Å². The lowest BCUT2D eigenvalue weighted by Gasteiger charge is -2.23. The van der Waals surface area contributed by atoms with Gasteiger partial charge in [0, 0.05) is 12.2 Å². The molecule has 48 heavy (non-hydrogen) atoms. The molecule has 2 N–H and O–H groups in total. The highest BCUT2D eigenvalue weighted by Gasteiger charge is 2.24. The summed E-state index contributed by atoms with van der Waals surface area (Å²) in [6.45, 7) is 6.20. The summed E-state index contributed by atoms with van der Waals surface area (Å²) in [4.78, 5) is 21.4. The molecule has 0 heterocycles. The molecule has 0 spiro atoms. The van der Waals surface area contributed by atoms with E-state index in [2.05, 4.69) is 32.1 Å². The van der Waals surface area contributed by atoms with Crippen LogP contribution in [0.1, 0.15) is 80.5 Å². The molecular weight excluding hydrogens is 596 g/mol. The lowest BCUT2D eigenvalue weighted by atomic mass is 9.79. The molecule has 6 heteroatoms. The van der Waals surface area contributed by atoms with Crippen molar-refractivity contribution in [3.05, 3.63) is 131 Å². The Hall–Kier alpha value is -5.72. The van der Waals surface area contributed by atoms with Gasteiger partial charge in [0.2, 0.25) is 0 Å². The maximum atomic E-state index is 10.8. The summed E-state index contributed by atoms with van der Waals surface area (Å²) >= 11 is 0. The largest absolute Gasteiger partial charge is 0.478 e. The summed E-state index contributed by atoms with van der Waals surface area (Å²) in [6.07, 6.45) is 9.70. The zero-order valence-electron chi connectivity index (χ0n) is 27.7. The summed E-state index contributed by atoms with van der Waals surface area (Å²) in [6, 6.07) is 36.0. The molecule has 6 nitrogen and oxygen atoms in total. The zero-order chi connectivity index (χ0) is 34.9. The molecule has 3 atom stereocenters. The van der Waals surface area contributed by atoms with E-state index in [0.29, 0.717) is 5.92 Å². The number of hydrogen-bond donors (Lipinski definition) is 2. The first kappa shape index (κ1) is 36.7. The van der Waals surface area contributed by atoms with E-state index >= 15 is 0 Å². The molecule has 0 aromatic heterocycles. The van der Waals surface area contributed by atoms with Crippen LogP contribution in [0.25, 0.3) is 34.4 Å². The minimum absolute atomic E-state index is 0.143. The number of aliphatic carboxylic acids is 2. The molecule has 0 fully saturated rings. The topological polar surface area (TPSA) is 122 Å². The number of benzene rings is 4. The standard InChI is InChI=1S/C24H27NO2.C18H15NO2/c1-3-5-10-19(4-2)23(17-25)22-13-7-6-12-21(22)20-11-8-9-18(16-20)14-15-24(26)27;1-13(12-19)16-7-2-3-8-17(16)15-6-4-5-14(11-15)9-10-18(20)21/h6-9,11-16,19,23H,3-5,10H2,1-2H3,(H,26,27);2-11,13H,1H3,(H,20,21). The molecule has 0 aliphatic rings. The van der Waals surface area contributed by atoms with Gasteiger partial charge in [0.05, 0.1) is 24.0 Å². The van der Waals surface area contributed by atoms with Crippen LogP contribution in [0.4, 0.5) is 0 Å². The van der Waals surface area contributed by atoms with Crippen LogP contribution in [-0.4, -0.2) is 22.2 Å². The Morgan fingerprint density at radius 2 is 1.21 bits per heavy atom. The van der Waals surface area contributed by atoms with Gasteiger partial charge >= 0.3 is 11.9 Å². The third kappa shape index (κ3) is 10.7. The van der Waals surface area contributed by atoms with E-state index in [9.17, 15) is 14.9 Å². The summed E-state index contributed by atoms with van der Waals surface area (Å²) in [5, 5.41) is 36.6. The second-order valence-corrected chi connectivity index (χ2v) is 11.5. The van der Waals surface area contributed by atoms with E-state index in [1.165, 1.54) is 0 Å². The SMILES string of the molecule is CC(C#N)c1ccccc1-c1cccc(C=CC(=O)O)c1.CCCCC(CC)C(C#N)c1ccccc1-c1cccc(C=CC(=O)O)c1. The van der Waals surface area contributed by atoms with Crippen molar-refractivity contribution < 1.29 is 19.8 Å². The molecule has 0 amide bonds. The minimum Gasteiger partial charge on any atom is -0.478 e. The highest BCUT2D eigenvalue weighted by Crippen LogP contribution is 2.37. The van der Waals surface area contributed by atoms with Crippen LogP contribution in [0.3, 0.4) is 0 Å². The van der Waals surface area contributed by atoms with Gasteiger partial charge in [0.15, 0.2) is 0 Å². The molecule has 244 valence electrons. The van der Waals surface area contributed by atoms with E-state index in [-0.39, 0.29) is 11.8 Å². The van der Waals surface area contributed by atoms with E-state index < -0.39 is 11.9 Å². The normalized spacial score (nSPS) is 12.7. The quantitative estimate of drug-likeness (QED) is 0.141. The van der Waals surface area contributed by atoms with Gasteiger partial charge < -0.3 is 10.2 Å². The Morgan fingerprint density at radius 3 is 1.67 bits per heavy atom. The van der Waals surface area contributed by atoms with Crippen molar-refractivity contribution in [2.45, 2.75) is 58.3 Å². The number of rotatable bonds is 13. The van der Waals surface area contributed by atoms with Crippen molar-refractivity contribution in [1.29, 1.82) is 10.5 Å². The van der Waals surface area contributed by atoms with Crippen LogP contribution in [0.2, 0.25) is 0 Å². The maximum Gasteiger partial charge on any atom is 0.328 e. The molecule has 0 aliphatic carbocycles. The van der Waals surface area contributed by atoms with Crippen LogP contribution in [0.5, 0.6) is 0 Å². The van der Waals surface area contributed by atoms with Crippen molar-refractivity contribution >= 4 is 24.1 Å². The fourth-order valence-electron chi connectivity index (χ4n) is 5.69. The molecule has 4 aromatic rings. The predicted octanol–water partition coefficient (Wildman–Crippen LogP) is 10.4. The lowest BCUT2D eigenvalue weighted by Crippen LogP contribution is -2.12. The van der Waals surface area contributed by atoms with E-state index in [4.69, 9.17) is 15.5 Å². The summed E-state index contributed by atoms with van der Waals surface area (Å²) in [5.74, 6) is -1.94. The number of hydrogen-bond acceptors (Lipinski definition) is 4. The van der Waals surface area contributed by atoms with Crippen LogP contribution >= 0.6 is 0 Å². The Kier molecular flexibility index (Phi) is 14.6. The summed E-state index contributed by atoms with van der Waals surface area (Å²) < 4.78 is 0. The van der Waals surface area contributed by atoms with Gasteiger partial charge in [-0.25, -0.2) is 9.59 Å². The predicted molar refractivity (Wildman–Crippen MR) is 193 cm³/mol. The van der Waals surface area contributed by atoms with Gasteiger partial charge in [0.25, 0.3) is 0 Å². The van der Waals surface area contributed by atoms with Crippen molar-refractivity contribution in [2.24, 2.45) is 5.92 Å². The minimum atomic E-state index is -0.973. The number of unbranched alkanes of at least 4 members (excludes halogenated alkanes) is 1. The highest BCUT2D eigenvalue weighted by molar-refractivity contribution is 5.86. The maximum absolute atomic E-state index is 10.8. The second kappa shape index (κ2) is 19.1. The Morgan fingerprint density at radius 1 is 0.708 bits per heavy atom. The van der Waals surface area contributed by atoms with E-state index in [1.807, 2.05) is 97.9 Å². The van der Waals surface area contributed by atoms with Crippen molar-refractivity contribution in [1.82, 2.24) is 0 Å². The van der Waals surface area contributed by atoms with Gasteiger partial charge in [-0.05, 0) is 88.1 Å². The van der Waals surface area contributed by atoms with Gasteiger partial charge in [0.1, 0.15) is 0 Å². The highest BCUT2D eigenvalue weighted by atomic mass is 16.4. The van der Waals surface area contributed by atoms with E-state index in [0.717, 1.165) is 82.3 Å². The van der Waals surface area contributed by atoms with Gasteiger partial charge in [-0.2, -0.15) is 10.5 Å². The van der Waals surface area contributed by atoms with Gasteiger partial charge in [-0.3, -0.25) is 0 Å². The Bertz CT molecular complexity index is 1830. The molecule has 4 aromatic carbocycles. The van der Waals surface area contributed by atoms with E-state index in [1.54, 1.807) is 12.2 Å². The zero-order valence-corrected chi connectivity index (χ0v) is 27.7. The third-order valence-electron chi connectivity index (χ3n) is 8.21. The molecule has 0 radical (unpaired) electrons.